The van der Waals surface area contributed by atoms with Gasteiger partial charge in [-0.1, -0.05) is 24.3 Å². The number of fused-ring (bicyclic) bond motifs is 1. The van der Waals surface area contributed by atoms with E-state index in [1.165, 1.54) is 18.2 Å². The molecule has 114 valence electrons. The average Bonchev–Trinajstić information content (AvgIpc) is 2.59. The molecule has 0 bridgehead atoms. The van der Waals surface area contributed by atoms with Gasteiger partial charge in [0.15, 0.2) is 5.69 Å². The highest BCUT2D eigenvalue weighted by atomic mass is 16.5. The third kappa shape index (κ3) is 3.07. The zero-order valence-corrected chi connectivity index (χ0v) is 12.4. The summed E-state index contributed by atoms with van der Waals surface area (Å²) in [6.45, 7) is 1.68. The van der Waals surface area contributed by atoms with Gasteiger partial charge in [-0.3, -0.25) is 0 Å². The van der Waals surface area contributed by atoms with Crippen molar-refractivity contribution >= 4 is 11.8 Å². The molecule has 3 rings (SSSR count). The van der Waals surface area contributed by atoms with E-state index in [4.69, 9.17) is 0 Å². The summed E-state index contributed by atoms with van der Waals surface area (Å²) in [6, 6.07) is 12.0. The second-order valence-corrected chi connectivity index (χ2v) is 5.13. The Hall–Kier alpha value is -2.47. The number of benzene rings is 1. The van der Waals surface area contributed by atoms with Crippen molar-refractivity contribution in [3.05, 3.63) is 53.2 Å². The van der Waals surface area contributed by atoms with Crippen LogP contribution in [0.5, 0.6) is 0 Å². The lowest BCUT2D eigenvalue weighted by molar-refractivity contribution is 0.0593. The van der Waals surface area contributed by atoms with Gasteiger partial charge in [-0.05, 0) is 36.2 Å². The molecule has 1 aliphatic rings. The lowest BCUT2D eigenvalue weighted by Gasteiger charge is -2.27. The molecule has 0 saturated heterocycles. The highest BCUT2D eigenvalue weighted by Crippen LogP contribution is 2.22. The number of carbonyl (C=O) groups excluding carboxylic acids is 1. The number of aromatic nitrogens is 2. The maximum absolute atomic E-state index is 11.3. The fourth-order valence-corrected chi connectivity index (χ4v) is 2.62. The van der Waals surface area contributed by atoms with Crippen LogP contribution >= 0.6 is 0 Å². The SMILES string of the molecule is COC(=O)c1ccc(NCC2NCCc3ccccc32)nn1. The predicted molar refractivity (Wildman–Crippen MR) is 82.8 cm³/mol. The Balaban J connectivity index is 1.65. The number of carbonyl (C=O) groups is 1. The summed E-state index contributed by atoms with van der Waals surface area (Å²) in [6.07, 6.45) is 1.06. The largest absolute Gasteiger partial charge is 0.464 e. The number of nitrogens with zero attached hydrogens (tertiary/aromatic N) is 2. The Labute approximate surface area is 128 Å². The summed E-state index contributed by atoms with van der Waals surface area (Å²) in [7, 11) is 1.32. The summed E-state index contributed by atoms with van der Waals surface area (Å²) in [5.41, 5.74) is 2.91. The summed E-state index contributed by atoms with van der Waals surface area (Å²) in [4.78, 5) is 11.3. The van der Waals surface area contributed by atoms with Gasteiger partial charge in [0.1, 0.15) is 5.82 Å². The molecule has 0 saturated carbocycles. The number of methoxy groups -OCH3 is 1. The molecule has 1 aromatic carbocycles. The predicted octanol–water partition coefficient (Wildman–Crippen LogP) is 1.56. The quantitative estimate of drug-likeness (QED) is 0.834. The minimum atomic E-state index is -0.484. The van der Waals surface area contributed by atoms with Crippen molar-refractivity contribution in [1.82, 2.24) is 15.5 Å². The van der Waals surface area contributed by atoms with Crippen molar-refractivity contribution in [3.63, 3.8) is 0 Å². The zero-order valence-electron chi connectivity index (χ0n) is 12.4. The van der Waals surface area contributed by atoms with Crippen LogP contribution in [0, 0.1) is 0 Å². The average molecular weight is 298 g/mol. The fourth-order valence-electron chi connectivity index (χ4n) is 2.62. The van der Waals surface area contributed by atoms with Crippen molar-refractivity contribution in [1.29, 1.82) is 0 Å². The minimum absolute atomic E-state index is 0.203. The van der Waals surface area contributed by atoms with E-state index in [0.717, 1.165) is 13.0 Å². The fraction of sp³-hybridized carbons (Fsp3) is 0.312. The normalized spacial score (nSPS) is 16.7. The molecule has 0 spiro atoms. The van der Waals surface area contributed by atoms with E-state index in [1.807, 2.05) is 0 Å². The first-order chi connectivity index (χ1) is 10.8. The molecule has 0 fully saturated rings. The molecule has 1 aromatic heterocycles. The van der Waals surface area contributed by atoms with Crippen LogP contribution < -0.4 is 10.6 Å². The van der Waals surface area contributed by atoms with Crippen molar-refractivity contribution in [2.24, 2.45) is 0 Å². The Morgan fingerprint density at radius 1 is 1.32 bits per heavy atom. The first-order valence-corrected chi connectivity index (χ1v) is 7.25. The Morgan fingerprint density at radius 3 is 2.95 bits per heavy atom. The molecule has 0 radical (unpaired) electrons. The molecule has 6 nitrogen and oxygen atoms in total. The maximum Gasteiger partial charge on any atom is 0.358 e. The minimum Gasteiger partial charge on any atom is -0.464 e. The second kappa shape index (κ2) is 6.53. The van der Waals surface area contributed by atoms with Crippen LogP contribution in [-0.2, 0) is 11.2 Å². The second-order valence-electron chi connectivity index (χ2n) is 5.13. The summed E-state index contributed by atoms with van der Waals surface area (Å²) >= 11 is 0. The number of nitrogens with one attached hydrogen (secondary N) is 2. The Kier molecular flexibility index (Phi) is 4.29. The van der Waals surface area contributed by atoms with Gasteiger partial charge >= 0.3 is 5.97 Å². The molecular formula is C16H18N4O2. The molecule has 2 N–H and O–H groups in total. The van der Waals surface area contributed by atoms with Gasteiger partial charge in [-0.15, -0.1) is 10.2 Å². The van der Waals surface area contributed by atoms with Crippen LogP contribution in [0.15, 0.2) is 36.4 Å². The third-order valence-electron chi connectivity index (χ3n) is 3.76. The molecule has 0 amide bonds. The van der Waals surface area contributed by atoms with Gasteiger partial charge in [0.2, 0.25) is 0 Å². The molecule has 1 unspecified atom stereocenters. The van der Waals surface area contributed by atoms with Crippen LogP contribution in [0.1, 0.15) is 27.7 Å². The number of rotatable bonds is 4. The molecule has 22 heavy (non-hydrogen) atoms. The van der Waals surface area contributed by atoms with Crippen LogP contribution in [0.3, 0.4) is 0 Å². The van der Waals surface area contributed by atoms with Crippen LogP contribution in [0.4, 0.5) is 5.82 Å². The first kappa shape index (κ1) is 14.5. The van der Waals surface area contributed by atoms with Crippen LogP contribution in [0.2, 0.25) is 0 Å². The van der Waals surface area contributed by atoms with Crippen molar-refractivity contribution < 1.29 is 9.53 Å². The summed E-state index contributed by atoms with van der Waals surface area (Å²) < 4.78 is 4.60. The molecule has 2 heterocycles. The van der Waals surface area contributed by atoms with E-state index >= 15 is 0 Å². The topological polar surface area (TPSA) is 76.1 Å². The van der Waals surface area contributed by atoms with E-state index in [9.17, 15) is 4.79 Å². The van der Waals surface area contributed by atoms with E-state index in [2.05, 4.69) is 49.8 Å². The standard InChI is InChI=1S/C16H18N4O2/c1-22-16(21)13-6-7-15(20-19-13)18-10-14-12-5-3-2-4-11(12)8-9-17-14/h2-7,14,17H,8-10H2,1H3,(H,18,20). The lowest BCUT2D eigenvalue weighted by Crippen LogP contribution is -2.34. The van der Waals surface area contributed by atoms with Crippen LogP contribution in [-0.4, -0.2) is 36.4 Å². The molecule has 1 atom stereocenters. The zero-order chi connectivity index (χ0) is 15.4. The summed E-state index contributed by atoms with van der Waals surface area (Å²) in [5, 5.41) is 14.6. The van der Waals surface area contributed by atoms with E-state index in [-0.39, 0.29) is 11.7 Å². The first-order valence-electron chi connectivity index (χ1n) is 7.25. The van der Waals surface area contributed by atoms with Gasteiger partial charge in [-0.2, -0.15) is 0 Å². The number of anilines is 1. The monoisotopic (exact) mass is 298 g/mol. The molecule has 6 heteroatoms. The lowest BCUT2D eigenvalue weighted by atomic mass is 9.94. The van der Waals surface area contributed by atoms with Crippen molar-refractivity contribution in [3.8, 4) is 0 Å². The highest BCUT2D eigenvalue weighted by Gasteiger charge is 2.18. The van der Waals surface area contributed by atoms with Crippen LogP contribution in [0.25, 0.3) is 0 Å². The Bertz CT molecular complexity index is 657. The van der Waals surface area contributed by atoms with Gasteiger partial charge < -0.3 is 15.4 Å². The number of hydrogen-bond donors (Lipinski definition) is 2. The molecule has 1 aliphatic heterocycles. The third-order valence-corrected chi connectivity index (χ3v) is 3.76. The number of hydrogen-bond acceptors (Lipinski definition) is 6. The van der Waals surface area contributed by atoms with Gasteiger partial charge in [0, 0.05) is 12.6 Å². The smallest absolute Gasteiger partial charge is 0.358 e. The number of ether oxygens (including phenoxy) is 1. The molecule has 2 aromatic rings. The molecular weight excluding hydrogens is 280 g/mol. The maximum atomic E-state index is 11.3. The van der Waals surface area contributed by atoms with Crippen molar-refractivity contribution in [2.75, 3.05) is 25.5 Å². The number of esters is 1. The Morgan fingerprint density at radius 2 is 2.18 bits per heavy atom. The van der Waals surface area contributed by atoms with Gasteiger partial charge in [0.05, 0.1) is 7.11 Å². The summed E-state index contributed by atoms with van der Waals surface area (Å²) in [5.74, 6) is 0.152. The van der Waals surface area contributed by atoms with Crippen molar-refractivity contribution in [2.45, 2.75) is 12.5 Å². The van der Waals surface area contributed by atoms with Gasteiger partial charge in [-0.25, -0.2) is 4.79 Å². The van der Waals surface area contributed by atoms with E-state index in [0.29, 0.717) is 12.4 Å². The van der Waals surface area contributed by atoms with Gasteiger partial charge in [0.25, 0.3) is 0 Å². The molecule has 0 aliphatic carbocycles. The highest BCUT2D eigenvalue weighted by molar-refractivity contribution is 5.86. The van der Waals surface area contributed by atoms with E-state index in [1.54, 1.807) is 12.1 Å². The van der Waals surface area contributed by atoms with E-state index < -0.39 is 5.97 Å².